The number of furan rings is 1. The Bertz CT molecular complexity index is 1750. The van der Waals surface area contributed by atoms with Crippen LogP contribution in [0.2, 0.25) is 0 Å². The van der Waals surface area contributed by atoms with Gasteiger partial charge in [0.25, 0.3) is 0 Å². The summed E-state index contributed by atoms with van der Waals surface area (Å²) in [6.07, 6.45) is 1.92. The SMILES string of the molecule is O=C(CCN1C(=S)N[C@H](c2ccccn2)[C@@H]1c1ccc(-c2cccc(C(=O)O)c2)o1)Nc1cccc2ccccc12. The molecule has 1 amide bonds. The van der Waals surface area contributed by atoms with E-state index < -0.39 is 5.97 Å². The lowest BCUT2D eigenvalue weighted by molar-refractivity contribution is -0.116. The van der Waals surface area contributed by atoms with Crippen molar-refractivity contribution < 1.29 is 19.1 Å². The highest BCUT2D eigenvalue weighted by Crippen LogP contribution is 2.40. The van der Waals surface area contributed by atoms with Crippen LogP contribution in [0.4, 0.5) is 5.69 Å². The Labute approximate surface area is 241 Å². The van der Waals surface area contributed by atoms with Crippen LogP contribution in [0.5, 0.6) is 0 Å². The number of fused-ring (bicyclic) bond motifs is 1. The summed E-state index contributed by atoms with van der Waals surface area (Å²) in [6, 6.07) is 29.0. The standard InChI is InChI=1S/C32H26N4O4S/c37-28(34-24-13-6-8-20-7-1-2-11-23(20)24)16-18-36-30(29(35-32(36)41)25-12-3-4-17-33-25)27-15-14-26(40-27)21-9-5-10-22(19-21)31(38)39/h1-15,17,19,29-30H,16,18H2,(H,34,37)(H,35,41)(H,38,39)/t29-,30+/m1/s1. The Morgan fingerprint density at radius 2 is 1.78 bits per heavy atom. The topological polar surface area (TPSA) is 108 Å². The summed E-state index contributed by atoms with van der Waals surface area (Å²) in [4.78, 5) is 31.1. The number of thiocarbonyl (C=S) groups is 1. The van der Waals surface area contributed by atoms with Gasteiger partial charge in [0.1, 0.15) is 17.6 Å². The highest BCUT2D eigenvalue weighted by molar-refractivity contribution is 7.80. The minimum absolute atomic E-state index is 0.130. The molecular formula is C32H26N4O4S. The Kier molecular flexibility index (Phi) is 7.18. The van der Waals surface area contributed by atoms with Gasteiger partial charge in [-0.15, -0.1) is 0 Å². The number of hydrogen-bond acceptors (Lipinski definition) is 5. The lowest BCUT2D eigenvalue weighted by Crippen LogP contribution is -2.32. The van der Waals surface area contributed by atoms with Crippen molar-refractivity contribution in [2.45, 2.75) is 18.5 Å². The molecule has 1 aliphatic rings. The summed E-state index contributed by atoms with van der Waals surface area (Å²) in [5, 5.41) is 18.3. The van der Waals surface area contributed by atoms with E-state index >= 15 is 0 Å². The molecule has 0 saturated carbocycles. The van der Waals surface area contributed by atoms with Gasteiger partial charge in [-0.05, 0) is 60.1 Å². The summed E-state index contributed by atoms with van der Waals surface area (Å²) in [5.74, 6) is 0.0227. The number of aromatic carboxylic acids is 1. The fourth-order valence-corrected chi connectivity index (χ4v) is 5.53. The van der Waals surface area contributed by atoms with Crippen molar-refractivity contribution in [1.82, 2.24) is 15.2 Å². The molecule has 6 rings (SSSR count). The first-order valence-corrected chi connectivity index (χ1v) is 13.6. The zero-order chi connectivity index (χ0) is 28.3. The monoisotopic (exact) mass is 562 g/mol. The van der Waals surface area contributed by atoms with Crippen molar-refractivity contribution in [3.8, 4) is 11.3 Å². The molecule has 2 atom stereocenters. The van der Waals surface area contributed by atoms with Gasteiger partial charge in [0, 0.05) is 35.8 Å². The van der Waals surface area contributed by atoms with E-state index in [0.29, 0.717) is 28.7 Å². The first kappa shape index (κ1) is 26.2. The van der Waals surface area contributed by atoms with E-state index in [2.05, 4.69) is 15.6 Å². The molecule has 1 fully saturated rings. The maximum Gasteiger partial charge on any atom is 0.335 e. The molecule has 1 saturated heterocycles. The maximum absolute atomic E-state index is 13.1. The molecular weight excluding hydrogens is 536 g/mol. The number of nitrogens with one attached hydrogen (secondary N) is 2. The Morgan fingerprint density at radius 1 is 0.976 bits per heavy atom. The van der Waals surface area contributed by atoms with E-state index in [9.17, 15) is 14.7 Å². The van der Waals surface area contributed by atoms with Crippen LogP contribution in [0.25, 0.3) is 22.1 Å². The Hall–Kier alpha value is -5.02. The molecule has 0 radical (unpaired) electrons. The first-order chi connectivity index (χ1) is 20.0. The lowest BCUT2D eigenvalue weighted by Gasteiger charge is -2.26. The first-order valence-electron chi connectivity index (χ1n) is 13.2. The van der Waals surface area contributed by atoms with Crippen molar-refractivity contribution >= 4 is 45.7 Å². The minimum Gasteiger partial charge on any atom is -0.478 e. The third-order valence-electron chi connectivity index (χ3n) is 7.15. The maximum atomic E-state index is 13.1. The van der Waals surface area contributed by atoms with Crippen LogP contribution in [0.3, 0.4) is 0 Å². The highest BCUT2D eigenvalue weighted by atomic mass is 32.1. The van der Waals surface area contributed by atoms with E-state index in [0.717, 1.165) is 22.2 Å². The average molecular weight is 563 g/mol. The number of benzene rings is 3. The Balaban J connectivity index is 1.26. The number of amides is 1. The molecule has 0 bridgehead atoms. The number of nitrogens with zero attached hydrogens (tertiary/aromatic N) is 2. The van der Waals surface area contributed by atoms with Crippen molar-refractivity contribution in [3.63, 3.8) is 0 Å². The lowest BCUT2D eigenvalue weighted by atomic mass is 10.0. The predicted octanol–water partition coefficient (Wildman–Crippen LogP) is 6.19. The molecule has 0 unspecified atom stereocenters. The van der Waals surface area contributed by atoms with E-state index in [-0.39, 0.29) is 30.0 Å². The van der Waals surface area contributed by atoms with E-state index in [4.69, 9.17) is 16.6 Å². The number of anilines is 1. The quantitative estimate of drug-likeness (QED) is 0.192. The van der Waals surface area contributed by atoms with Gasteiger partial charge in [-0.1, -0.05) is 54.6 Å². The van der Waals surface area contributed by atoms with Gasteiger partial charge in [-0.25, -0.2) is 4.79 Å². The molecule has 9 heteroatoms. The number of aromatic nitrogens is 1. The fourth-order valence-electron chi connectivity index (χ4n) is 5.20. The molecule has 2 aromatic heterocycles. The molecule has 0 aliphatic carbocycles. The van der Waals surface area contributed by atoms with Gasteiger partial charge >= 0.3 is 5.97 Å². The fraction of sp³-hybridized carbons (Fsp3) is 0.125. The van der Waals surface area contributed by atoms with Crippen molar-refractivity contribution in [1.29, 1.82) is 0 Å². The second kappa shape index (κ2) is 11.2. The smallest absolute Gasteiger partial charge is 0.335 e. The van der Waals surface area contributed by atoms with Crippen molar-refractivity contribution in [2.24, 2.45) is 0 Å². The molecule has 3 N–H and O–H groups in total. The van der Waals surface area contributed by atoms with Crippen LogP contribution in [-0.4, -0.2) is 38.5 Å². The summed E-state index contributed by atoms with van der Waals surface area (Å²) in [7, 11) is 0. The molecule has 41 heavy (non-hydrogen) atoms. The number of carboxylic acid groups (broad SMARTS) is 1. The zero-order valence-corrected chi connectivity index (χ0v) is 22.7. The van der Waals surface area contributed by atoms with Crippen molar-refractivity contribution in [2.75, 3.05) is 11.9 Å². The second-order valence-corrected chi connectivity index (χ2v) is 10.1. The van der Waals surface area contributed by atoms with E-state index in [1.54, 1.807) is 24.4 Å². The largest absolute Gasteiger partial charge is 0.478 e. The van der Waals surface area contributed by atoms with Crippen LogP contribution in [0.15, 0.2) is 108 Å². The molecule has 204 valence electrons. The van der Waals surface area contributed by atoms with Crippen LogP contribution in [0.1, 0.15) is 40.3 Å². The average Bonchev–Trinajstić information content (AvgIpc) is 3.61. The minimum atomic E-state index is -1.01. The van der Waals surface area contributed by atoms with E-state index in [1.165, 1.54) is 6.07 Å². The summed E-state index contributed by atoms with van der Waals surface area (Å²) >= 11 is 5.73. The van der Waals surface area contributed by atoms with Crippen LogP contribution < -0.4 is 10.6 Å². The number of carbonyl (C=O) groups excluding carboxylic acids is 1. The number of rotatable bonds is 8. The van der Waals surface area contributed by atoms with Gasteiger partial charge in [-0.2, -0.15) is 0 Å². The van der Waals surface area contributed by atoms with Gasteiger partial charge in [0.2, 0.25) is 5.91 Å². The second-order valence-electron chi connectivity index (χ2n) is 9.73. The molecule has 8 nitrogen and oxygen atoms in total. The van der Waals surface area contributed by atoms with Crippen molar-refractivity contribution in [3.05, 3.63) is 120 Å². The zero-order valence-electron chi connectivity index (χ0n) is 21.9. The van der Waals surface area contributed by atoms with Gasteiger partial charge in [-0.3, -0.25) is 9.78 Å². The molecule has 5 aromatic rings. The van der Waals surface area contributed by atoms with Gasteiger partial charge in [0.15, 0.2) is 5.11 Å². The Morgan fingerprint density at radius 3 is 2.61 bits per heavy atom. The van der Waals surface area contributed by atoms with Crippen LogP contribution in [-0.2, 0) is 4.79 Å². The van der Waals surface area contributed by atoms with Crippen LogP contribution >= 0.6 is 12.2 Å². The van der Waals surface area contributed by atoms with Gasteiger partial charge in [0.05, 0.1) is 17.3 Å². The molecule has 0 spiro atoms. The number of carbonyl (C=O) groups is 2. The molecule has 3 heterocycles. The summed E-state index contributed by atoms with van der Waals surface area (Å²) < 4.78 is 6.31. The van der Waals surface area contributed by atoms with E-state index in [1.807, 2.05) is 77.7 Å². The number of pyridine rings is 1. The molecule has 3 aromatic carbocycles. The summed E-state index contributed by atoms with van der Waals surface area (Å²) in [5.41, 5.74) is 2.38. The normalized spacial score (nSPS) is 16.5. The molecule has 1 aliphatic heterocycles. The van der Waals surface area contributed by atoms with Gasteiger partial charge < -0.3 is 25.1 Å². The summed E-state index contributed by atoms with van der Waals surface area (Å²) in [6.45, 7) is 0.348. The van der Waals surface area contributed by atoms with Crippen LogP contribution in [0, 0.1) is 0 Å². The number of hydrogen-bond donors (Lipinski definition) is 3. The number of carboxylic acids is 1. The highest BCUT2D eigenvalue weighted by Gasteiger charge is 2.41. The third kappa shape index (κ3) is 5.39. The predicted molar refractivity (Wildman–Crippen MR) is 160 cm³/mol. The third-order valence-corrected chi connectivity index (χ3v) is 7.51.